The van der Waals surface area contributed by atoms with Gasteiger partial charge in [0, 0.05) is 6.04 Å². The van der Waals surface area contributed by atoms with Crippen molar-refractivity contribution in [3.05, 3.63) is 35.8 Å². The van der Waals surface area contributed by atoms with Crippen molar-refractivity contribution in [3.63, 3.8) is 0 Å². The van der Waals surface area contributed by atoms with Gasteiger partial charge in [0.25, 0.3) is 0 Å². The molecule has 0 saturated carbocycles. The van der Waals surface area contributed by atoms with E-state index >= 15 is 0 Å². The molecule has 1 unspecified atom stereocenters. The highest BCUT2D eigenvalue weighted by Gasteiger charge is 2.12. The van der Waals surface area contributed by atoms with Gasteiger partial charge in [-0.25, -0.2) is 4.79 Å². The smallest absolute Gasteiger partial charge is 0.341 e. The van der Waals surface area contributed by atoms with Crippen LogP contribution in [0.2, 0.25) is 0 Å². The summed E-state index contributed by atoms with van der Waals surface area (Å²) in [5, 5.41) is 3.41. The molecule has 1 aliphatic carbocycles. The zero-order valence-corrected chi connectivity index (χ0v) is 9.94. The number of rotatable bonds is 4. The van der Waals surface area contributed by atoms with Crippen LogP contribution in [0.3, 0.4) is 0 Å². The molecule has 0 spiro atoms. The molecule has 1 aliphatic rings. The lowest BCUT2D eigenvalue weighted by atomic mass is 10.0. The van der Waals surface area contributed by atoms with E-state index in [1.165, 1.54) is 13.4 Å². The van der Waals surface area contributed by atoms with E-state index in [-0.39, 0.29) is 5.97 Å². The molecule has 1 N–H and O–H groups in total. The first kappa shape index (κ1) is 11.9. The average molecular weight is 235 g/mol. The number of allylic oxidation sites excluding steroid dienone is 1. The van der Waals surface area contributed by atoms with Crippen molar-refractivity contribution in [1.82, 2.24) is 5.32 Å². The summed E-state index contributed by atoms with van der Waals surface area (Å²) in [5.74, 6) is 0.403. The van der Waals surface area contributed by atoms with Crippen molar-refractivity contribution in [2.75, 3.05) is 7.11 Å². The highest BCUT2D eigenvalue weighted by Crippen LogP contribution is 2.13. The minimum Gasteiger partial charge on any atom is -0.467 e. The Morgan fingerprint density at radius 3 is 3.18 bits per heavy atom. The van der Waals surface area contributed by atoms with E-state index in [9.17, 15) is 4.79 Å². The summed E-state index contributed by atoms with van der Waals surface area (Å²) in [5.41, 5.74) is 0.466. The van der Waals surface area contributed by atoms with Crippen molar-refractivity contribution in [2.45, 2.75) is 31.8 Å². The number of carbonyl (C=O) groups excluding carboxylic acids is 1. The van der Waals surface area contributed by atoms with Crippen molar-refractivity contribution in [2.24, 2.45) is 0 Å². The molecule has 1 aromatic heterocycles. The Bertz CT molecular complexity index is 409. The Hall–Kier alpha value is -1.55. The number of nitrogens with one attached hydrogen (secondary N) is 1. The molecule has 0 radical (unpaired) electrons. The lowest BCUT2D eigenvalue weighted by Gasteiger charge is -2.18. The Balaban J connectivity index is 1.84. The molecule has 1 atom stereocenters. The molecule has 1 aromatic rings. The number of carbonyl (C=O) groups is 1. The molecule has 1 heterocycles. The minimum atomic E-state index is -0.361. The monoisotopic (exact) mass is 235 g/mol. The van der Waals surface area contributed by atoms with Gasteiger partial charge in [-0.2, -0.15) is 0 Å². The summed E-state index contributed by atoms with van der Waals surface area (Å²) in [6.07, 6.45) is 9.18. The molecular formula is C13H17NO3. The zero-order valence-electron chi connectivity index (χ0n) is 9.94. The predicted octanol–water partition coefficient (Wildman–Crippen LogP) is 2.26. The number of hydrogen-bond acceptors (Lipinski definition) is 4. The largest absolute Gasteiger partial charge is 0.467 e. The molecule has 0 amide bonds. The average Bonchev–Trinajstić information content (AvgIpc) is 2.85. The summed E-state index contributed by atoms with van der Waals surface area (Å²) in [7, 11) is 1.36. The zero-order chi connectivity index (χ0) is 12.1. The second-order valence-electron chi connectivity index (χ2n) is 4.16. The molecule has 0 aliphatic heterocycles. The van der Waals surface area contributed by atoms with Crippen LogP contribution in [0.5, 0.6) is 0 Å². The van der Waals surface area contributed by atoms with Crippen LogP contribution in [0.15, 0.2) is 28.9 Å². The van der Waals surface area contributed by atoms with Crippen molar-refractivity contribution in [3.8, 4) is 0 Å². The van der Waals surface area contributed by atoms with E-state index in [1.54, 1.807) is 6.07 Å². The number of esters is 1. The molecular weight excluding hydrogens is 218 g/mol. The molecule has 0 fully saturated rings. The van der Waals surface area contributed by atoms with Crippen LogP contribution in [0.1, 0.15) is 35.4 Å². The number of furan rings is 1. The van der Waals surface area contributed by atoms with Gasteiger partial charge < -0.3 is 14.5 Å². The highest BCUT2D eigenvalue weighted by molar-refractivity contribution is 5.88. The van der Waals surface area contributed by atoms with Crippen molar-refractivity contribution >= 4 is 5.97 Å². The lowest BCUT2D eigenvalue weighted by molar-refractivity contribution is 0.0600. The van der Waals surface area contributed by atoms with Gasteiger partial charge in [-0.3, -0.25) is 0 Å². The van der Waals surface area contributed by atoms with Crippen LogP contribution in [-0.2, 0) is 11.3 Å². The molecule has 92 valence electrons. The Morgan fingerprint density at radius 1 is 1.59 bits per heavy atom. The fraction of sp³-hybridized carbons (Fsp3) is 0.462. The third-order valence-electron chi connectivity index (χ3n) is 2.91. The molecule has 0 aromatic carbocycles. The SMILES string of the molecule is COC(=O)c1coc(CNC2CC=CCC2)c1. The topological polar surface area (TPSA) is 51.5 Å². The quantitative estimate of drug-likeness (QED) is 0.642. The molecule has 2 rings (SSSR count). The van der Waals surface area contributed by atoms with Gasteiger partial charge in [-0.1, -0.05) is 12.2 Å². The molecule has 17 heavy (non-hydrogen) atoms. The lowest BCUT2D eigenvalue weighted by Crippen LogP contribution is -2.28. The first-order valence-electron chi connectivity index (χ1n) is 5.83. The second kappa shape index (κ2) is 5.68. The van der Waals surface area contributed by atoms with Crippen LogP contribution in [-0.4, -0.2) is 19.1 Å². The van der Waals surface area contributed by atoms with Gasteiger partial charge >= 0.3 is 5.97 Å². The van der Waals surface area contributed by atoms with Gasteiger partial charge in [0.05, 0.1) is 19.2 Å². The highest BCUT2D eigenvalue weighted by atomic mass is 16.5. The third-order valence-corrected chi connectivity index (χ3v) is 2.91. The van der Waals surface area contributed by atoms with Crippen LogP contribution >= 0.6 is 0 Å². The van der Waals surface area contributed by atoms with Crippen LogP contribution < -0.4 is 5.32 Å². The van der Waals surface area contributed by atoms with E-state index in [0.717, 1.165) is 25.0 Å². The normalized spacial score (nSPS) is 19.2. The maximum absolute atomic E-state index is 11.2. The van der Waals surface area contributed by atoms with E-state index in [1.807, 2.05) is 0 Å². The summed E-state index contributed by atoms with van der Waals surface area (Å²) < 4.78 is 9.91. The van der Waals surface area contributed by atoms with Gasteiger partial charge in [0.15, 0.2) is 0 Å². The molecule has 0 saturated heterocycles. The first-order chi connectivity index (χ1) is 8.29. The van der Waals surface area contributed by atoms with Gasteiger partial charge in [-0.15, -0.1) is 0 Å². The molecule has 4 heteroatoms. The maximum atomic E-state index is 11.2. The summed E-state index contributed by atoms with van der Waals surface area (Å²) >= 11 is 0. The fourth-order valence-corrected chi connectivity index (χ4v) is 1.92. The van der Waals surface area contributed by atoms with E-state index < -0.39 is 0 Å². The third kappa shape index (κ3) is 3.20. The Labute approximate surface area is 101 Å². The number of ether oxygens (including phenoxy) is 1. The second-order valence-corrected chi connectivity index (χ2v) is 4.16. The number of methoxy groups -OCH3 is 1. The van der Waals surface area contributed by atoms with E-state index in [2.05, 4.69) is 22.2 Å². The fourth-order valence-electron chi connectivity index (χ4n) is 1.92. The summed E-state index contributed by atoms with van der Waals surface area (Å²) in [4.78, 5) is 11.2. The van der Waals surface area contributed by atoms with Gasteiger partial charge in [0.1, 0.15) is 12.0 Å². The van der Waals surface area contributed by atoms with Crippen molar-refractivity contribution in [1.29, 1.82) is 0 Å². The predicted molar refractivity (Wildman–Crippen MR) is 63.7 cm³/mol. The minimum absolute atomic E-state index is 0.361. The molecule has 0 bridgehead atoms. The first-order valence-corrected chi connectivity index (χ1v) is 5.83. The van der Waals surface area contributed by atoms with Crippen LogP contribution in [0, 0.1) is 0 Å². The number of hydrogen-bond donors (Lipinski definition) is 1. The summed E-state index contributed by atoms with van der Waals surface area (Å²) in [6.45, 7) is 0.648. The Kier molecular flexibility index (Phi) is 3.98. The van der Waals surface area contributed by atoms with E-state index in [0.29, 0.717) is 18.2 Å². The van der Waals surface area contributed by atoms with Crippen LogP contribution in [0.25, 0.3) is 0 Å². The standard InChI is InChI=1S/C13H17NO3/c1-16-13(15)10-7-12(17-9-10)8-14-11-5-3-2-4-6-11/h2-3,7,9,11,14H,4-6,8H2,1H3. The van der Waals surface area contributed by atoms with Crippen LogP contribution in [0.4, 0.5) is 0 Å². The van der Waals surface area contributed by atoms with Gasteiger partial charge in [-0.05, 0) is 25.3 Å². The van der Waals surface area contributed by atoms with Crippen molar-refractivity contribution < 1.29 is 13.9 Å². The Morgan fingerprint density at radius 2 is 2.47 bits per heavy atom. The maximum Gasteiger partial charge on any atom is 0.341 e. The van der Waals surface area contributed by atoms with Gasteiger partial charge in [0.2, 0.25) is 0 Å². The van der Waals surface area contributed by atoms with E-state index in [4.69, 9.17) is 4.42 Å². The molecule has 4 nitrogen and oxygen atoms in total. The summed E-state index contributed by atoms with van der Waals surface area (Å²) in [6, 6.07) is 2.23.